The maximum absolute atomic E-state index is 5.81. The summed E-state index contributed by atoms with van der Waals surface area (Å²) in [6.07, 6.45) is 0. The molecule has 0 radical (unpaired) electrons. The molecule has 18 heavy (non-hydrogen) atoms. The van der Waals surface area contributed by atoms with Gasteiger partial charge in [0.1, 0.15) is 10.9 Å². The summed E-state index contributed by atoms with van der Waals surface area (Å²) in [5.74, 6) is 1.43. The van der Waals surface area contributed by atoms with Crippen LogP contribution in [0.5, 0.6) is 5.75 Å². The highest BCUT2D eigenvalue weighted by Gasteiger charge is 2.02. The predicted octanol–water partition coefficient (Wildman–Crippen LogP) is 2.94. The number of nitrogen functional groups attached to an aromatic ring is 1. The fourth-order valence-electron chi connectivity index (χ4n) is 1.52. The molecule has 94 valence electrons. The summed E-state index contributed by atoms with van der Waals surface area (Å²) in [4.78, 5) is 4.13. The third-order valence-corrected chi connectivity index (χ3v) is 2.72. The number of benzene rings is 1. The molecule has 1 aromatic carbocycles. The third-order valence-electron chi connectivity index (χ3n) is 2.51. The Kier molecular flexibility index (Phi) is 3.89. The highest BCUT2D eigenvalue weighted by atomic mass is 35.5. The van der Waals surface area contributed by atoms with Gasteiger partial charge in [-0.2, -0.15) is 0 Å². The average molecular weight is 264 g/mol. The number of pyridine rings is 1. The zero-order valence-corrected chi connectivity index (χ0v) is 10.7. The van der Waals surface area contributed by atoms with Crippen LogP contribution in [0.4, 0.5) is 11.5 Å². The van der Waals surface area contributed by atoms with Crippen LogP contribution in [0.1, 0.15) is 5.56 Å². The van der Waals surface area contributed by atoms with E-state index in [9.17, 15) is 0 Å². The van der Waals surface area contributed by atoms with Gasteiger partial charge in [0.2, 0.25) is 0 Å². The summed E-state index contributed by atoms with van der Waals surface area (Å²) in [7, 11) is 1.64. The second-order valence-electron chi connectivity index (χ2n) is 3.77. The second kappa shape index (κ2) is 5.60. The number of hydrogen-bond acceptors (Lipinski definition) is 4. The third kappa shape index (κ3) is 3.05. The first kappa shape index (κ1) is 12.5. The highest BCUT2D eigenvalue weighted by molar-refractivity contribution is 6.29. The van der Waals surface area contributed by atoms with E-state index in [2.05, 4.69) is 10.3 Å². The molecule has 0 aliphatic carbocycles. The SMILES string of the molecule is COc1ccc(CNc2nc(Cl)ccc2N)cc1. The van der Waals surface area contributed by atoms with E-state index in [1.807, 2.05) is 24.3 Å². The van der Waals surface area contributed by atoms with Gasteiger partial charge in [-0.3, -0.25) is 0 Å². The number of nitrogens with zero attached hydrogens (tertiary/aromatic N) is 1. The first-order valence-electron chi connectivity index (χ1n) is 5.48. The van der Waals surface area contributed by atoms with Gasteiger partial charge in [0.15, 0.2) is 5.82 Å². The molecule has 0 amide bonds. The fourth-order valence-corrected chi connectivity index (χ4v) is 1.66. The molecule has 1 heterocycles. The Bertz CT molecular complexity index is 528. The maximum atomic E-state index is 5.81. The first-order chi connectivity index (χ1) is 8.69. The molecule has 0 atom stereocenters. The van der Waals surface area contributed by atoms with Gasteiger partial charge in [-0.05, 0) is 29.8 Å². The first-order valence-corrected chi connectivity index (χ1v) is 5.85. The number of nitrogens with one attached hydrogen (secondary N) is 1. The number of ether oxygens (including phenoxy) is 1. The van der Waals surface area contributed by atoms with E-state index in [0.717, 1.165) is 11.3 Å². The Balaban J connectivity index is 2.04. The van der Waals surface area contributed by atoms with E-state index < -0.39 is 0 Å². The van der Waals surface area contributed by atoms with Crippen molar-refractivity contribution in [3.63, 3.8) is 0 Å². The van der Waals surface area contributed by atoms with Crippen molar-refractivity contribution in [2.75, 3.05) is 18.2 Å². The lowest BCUT2D eigenvalue weighted by Gasteiger charge is -2.09. The molecule has 0 saturated carbocycles. The van der Waals surface area contributed by atoms with Crippen LogP contribution >= 0.6 is 11.6 Å². The topological polar surface area (TPSA) is 60.2 Å². The molecule has 0 aliphatic rings. The summed E-state index contributed by atoms with van der Waals surface area (Å²) in [6.45, 7) is 0.627. The molecule has 2 aromatic rings. The molecule has 0 spiro atoms. The minimum atomic E-state index is 0.418. The zero-order valence-electron chi connectivity index (χ0n) is 9.98. The van der Waals surface area contributed by atoms with E-state index in [-0.39, 0.29) is 0 Å². The van der Waals surface area contributed by atoms with Gasteiger partial charge in [0, 0.05) is 6.54 Å². The van der Waals surface area contributed by atoms with Crippen LogP contribution in [0.25, 0.3) is 0 Å². The molecule has 0 unspecified atom stereocenters. The van der Waals surface area contributed by atoms with E-state index in [0.29, 0.717) is 23.2 Å². The highest BCUT2D eigenvalue weighted by Crippen LogP contribution is 2.19. The molecule has 0 fully saturated rings. The monoisotopic (exact) mass is 263 g/mol. The Hall–Kier alpha value is -1.94. The summed E-state index contributed by atoms with van der Waals surface area (Å²) in [5.41, 5.74) is 7.48. The van der Waals surface area contributed by atoms with Gasteiger partial charge in [-0.25, -0.2) is 4.98 Å². The summed E-state index contributed by atoms with van der Waals surface area (Å²) < 4.78 is 5.10. The predicted molar refractivity (Wildman–Crippen MR) is 74.0 cm³/mol. The lowest BCUT2D eigenvalue weighted by atomic mass is 10.2. The van der Waals surface area contributed by atoms with Gasteiger partial charge < -0.3 is 15.8 Å². The largest absolute Gasteiger partial charge is 0.497 e. The number of rotatable bonds is 4. The number of aromatic nitrogens is 1. The van der Waals surface area contributed by atoms with Crippen molar-refractivity contribution in [1.29, 1.82) is 0 Å². The van der Waals surface area contributed by atoms with Gasteiger partial charge in [0.05, 0.1) is 12.8 Å². The van der Waals surface area contributed by atoms with Crippen molar-refractivity contribution < 1.29 is 4.74 Å². The van der Waals surface area contributed by atoms with Gasteiger partial charge in [0.25, 0.3) is 0 Å². The fraction of sp³-hybridized carbons (Fsp3) is 0.154. The van der Waals surface area contributed by atoms with Crippen molar-refractivity contribution in [2.24, 2.45) is 0 Å². The number of halogens is 1. The molecule has 0 saturated heterocycles. The van der Waals surface area contributed by atoms with Crippen LogP contribution in [0.2, 0.25) is 5.15 Å². The number of hydrogen-bond donors (Lipinski definition) is 2. The summed E-state index contributed by atoms with van der Waals surface area (Å²) in [5, 5.41) is 3.56. The lowest BCUT2D eigenvalue weighted by Crippen LogP contribution is -2.04. The van der Waals surface area contributed by atoms with E-state index in [1.54, 1.807) is 19.2 Å². The molecule has 5 heteroatoms. The minimum Gasteiger partial charge on any atom is -0.497 e. The van der Waals surface area contributed by atoms with Crippen LogP contribution in [-0.2, 0) is 6.54 Å². The molecular weight excluding hydrogens is 250 g/mol. The van der Waals surface area contributed by atoms with Crippen molar-refractivity contribution in [3.8, 4) is 5.75 Å². The molecular formula is C13H14ClN3O. The minimum absolute atomic E-state index is 0.418. The normalized spacial score (nSPS) is 10.1. The molecule has 1 aromatic heterocycles. The molecule has 0 bridgehead atoms. The van der Waals surface area contributed by atoms with Crippen molar-refractivity contribution >= 4 is 23.1 Å². The van der Waals surface area contributed by atoms with E-state index in [4.69, 9.17) is 22.1 Å². The quantitative estimate of drug-likeness (QED) is 0.833. The van der Waals surface area contributed by atoms with Crippen LogP contribution in [-0.4, -0.2) is 12.1 Å². The Morgan fingerprint density at radius 3 is 2.61 bits per heavy atom. The second-order valence-corrected chi connectivity index (χ2v) is 4.16. The zero-order chi connectivity index (χ0) is 13.0. The van der Waals surface area contributed by atoms with Gasteiger partial charge >= 0.3 is 0 Å². The van der Waals surface area contributed by atoms with Gasteiger partial charge in [-0.15, -0.1) is 0 Å². The van der Waals surface area contributed by atoms with Crippen LogP contribution in [0, 0.1) is 0 Å². The van der Waals surface area contributed by atoms with E-state index >= 15 is 0 Å². The van der Waals surface area contributed by atoms with Gasteiger partial charge in [-0.1, -0.05) is 23.7 Å². The van der Waals surface area contributed by atoms with Crippen molar-refractivity contribution in [1.82, 2.24) is 4.98 Å². The van der Waals surface area contributed by atoms with Crippen molar-refractivity contribution in [3.05, 3.63) is 47.1 Å². The number of nitrogens with two attached hydrogens (primary N) is 1. The Morgan fingerprint density at radius 1 is 1.22 bits per heavy atom. The van der Waals surface area contributed by atoms with E-state index in [1.165, 1.54) is 0 Å². The van der Waals surface area contributed by atoms with Crippen LogP contribution in [0.15, 0.2) is 36.4 Å². The van der Waals surface area contributed by atoms with Crippen molar-refractivity contribution in [2.45, 2.75) is 6.54 Å². The maximum Gasteiger partial charge on any atom is 0.151 e. The molecule has 3 N–H and O–H groups in total. The summed E-state index contributed by atoms with van der Waals surface area (Å²) in [6, 6.07) is 11.2. The van der Waals surface area contributed by atoms with Crippen LogP contribution < -0.4 is 15.8 Å². The molecule has 2 rings (SSSR count). The number of anilines is 2. The summed E-state index contributed by atoms with van der Waals surface area (Å²) >= 11 is 5.81. The lowest BCUT2D eigenvalue weighted by molar-refractivity contribution is 0.414. The Morgan fingerprint density at radius 2 is 1.94 bits per heavy atom. The molecule has 4 nitrogen and oxygen atoms in total. The van der Waals surface area contributed by atoms with Crippen LogP contribution in [0.3, 0.4) is 0 Å². The standard InChI is InChI=1S/C13H14ClN3O/c1-18-10-4-2-9(3-5-10)8-16-13-11(15)6-7-12(14)17-13/h2-7H,8,15H2,1H3,(H,16,17). The average Bonchev–Trinajstić information content (AvgIpc) is 2.40. The Labute approximate surface area is 111 Å². The number of methoxy groups -OCH3 is 1. The molecule has 0 aliphatic heterocycles. The smallest absolute Gasteiger partial charge is 0.151 e.